The highest BCUT2D eigenvalue weighted by Crippen LogP contribution is 2.29. The molecule has 1 aromatic carbocycles. The molecule has 1 saturated heterocycles. The van der Waals surface area contributed by atoms with Crippen molar-refractivity contribution >= 4 is 45.6 Å². The topological polar surface area (TPSA) is 92.5 Å². The molecule has 118 valence electrons. The summed E-state index contributed by atoms with van der Waals surface area (Å²) in [5.41, 5.74) is 5.57. The Hall–Kier alpha value is -0.860. The number of sulfonamides is 1. The molecule has 0 aliphatic carbocycles. The second-order valence-electron chi connectivity index (χ2n) is 4.51. The number of carbonyl (C=O) groups is 1. The predicted octanol–water partition coefficient (Wildman–Crippen LogP) is 1.44. The molecule has 0 aromatic heterocycles. The first-order valence-corrected chi connectivity index (χ1v) is 8.06. The number of nitrogens with zero attached hydrogens (tertiary/aromatic N) is 1. The summed E-state index contributed by atoms with van der Waals surface area (Å²) in [6.07, 6.45) is 1.70. The maximum absolute atomic E-state index is 12.5. The van der Waals surface area contributed by atoms with E-state index >= 15 is 0 Å². The number of nitrogens with two attached hydrogens (primary N) is 1. The minimum atomic E-state index is -3.62. The first-order chi connectivity index (χ1) is 9.45. The molecule has 21 heavy (non-hydrogen) atoms. The molecule has 0 saturated carbocycles. The molecule has 0 spiro atoms. The summed E-state index contributed by atoms with van der Waals surface area (Å²) >= 11 is 5.99. The van der Waals surface area contributed by atoms with Gasteiger partial charge in [0.1, 0.15) is 4.90 Å². The molecule has 0 bridgehead atoms. The van der Waals surface area contributed by atoms with Crippen LogP contribution in [0.4, 0.5) is 5.69 Å². The third-order valence-corrected chi connectivity index (χ3v) is 5.46. The quantitative estimate of drug-likeness (QED) is 0.856. The molecule has 0 radical (unpaired) electrons. The summed E-state index contributed by atoms with van der Waals surface area (Å²) in [5.74, 6) is -0.392. The normalized spacial score (nSPS) is 15.5. The fourth-order valence-electron chi connectivity index (χ4n) is 2.06. The van der Waals surface area contributed by atoms with Crippen LogP contribution in [-0.2, 0) is 14.8 Å². The summed E-state index contributed by atoms with van der Waals surface area (Å²) in [6, 6.07) is 4.36. The zero-order valence-electron chi connectivity index (χ0n) is 11.2. The van der Waals surface area contributed by atoms with Gasteiger partial charge in [0.05, 0.1) is 11.6 Å². The Bertz CT molecular complexity index is 616. The summed E-state index contributed by atoms with van der Waals surface area (Å²) in [5, 5.41) is 2.66. The predicted molar refractivity (Wildman–Crippen MR) is 84.4 cm³/mol. The number of carbonyl (C=O) groups excluding carboxylic acids is 1. The Labute approximate surface area is 135 Å². The molecule has 1 heterocycles. The van der Waals surface area contributed by atoms with E-state index in [1.807, 2.05) is 0 Å². The van der Waals surface area contributed by atoms with E-state index in [4.69, 9.17) is 17.3 Å². The second kappa shape index (κ2) is 7.42. The fraction of sp³-hybridized carbons (Fsp3) is 0.417. The number of rotatable bonds is 4. The molecule has 9 heteroatoms. The molecule has 1 aliphatic rings. The Morgan fingerprint density at radius 2 is 1.95 bits per heavy atom. The first kappa shape index (κ1) is 18.2. The third-order valence-electron chi connectivity index (χ3n) is 3.08. The fourth-order valence-corrected chi connectivity index (χ4v) is 4.08. The van der Waals surface area contributed by atoms with Crippen molar-refractivity contribution in [2.24, 2.45) is 5.73 Å². The monoisotopic (exact) mass is 353 g/mol. The van der Waals surface area contributed by atoms with E-state index < -0.39 is 15.9 Å². The van der Waals surface area contributed by atoms with Crippen molar-refractivity contribution < 1.29 is 13.2 Å². The summed E-state index contributed by atoms with van der Waals surface area (Å²) < 4.78 is 26.3. The largest absolute Gasteiger partial charge is 0.325 e. The van der Waals surface area contributed by atoms with Gasteiger partial charge in [-0.2, -0.15) is 4.31 Å². The zero-order valence-corrected chi connectivity index (χ0v) is 13.6. The van der Waals surface area contributed by atoms with Gasteiger partial charge in [-0.3, -0.25) is 4.79 Å². The van der Waals surface area contributed by atoms with Crippen molar-refractivity contribution in [3.8, 4) is 0 Å². The van der Waals surface area contributed by atoms with Gasteiger partial charge in [-0.1, -0.05) is 11.6 Å². The van der Waals surface area contributed by atoms with Crippen molar-refractivity contribution in [1.29, 1.82) is 0 Å². The number of amides is 1. The number of halogens is 2. The first-order valence-electron chi connectivity index (χ1n) is 6.25. The molecule has 1 amide bonds. The van der Waals surface area contributed by atoms with Crippen LogP contribution in [0.15, 0.2) is 23.1 Å². The van der Waals surface area contributed by atoms with Crippen LogP contribution in [0.1, 0.15) is 12.8 Å². The van der Waals surface area contributed by atoms with Crippen LogP contribution < -0.4 is 11.1 Å². The highest BCUT2D eigenvalue weighted by molar-refractivity contribution is 7.89. The standard InChI is InChI=1S/C12H16ClN3O3S.ClH/c13-10-4-3-9(15-12(17)8-14)7-11(10)20(18,19)16-5-1-2-6-16;/h3-4,7H,1-2,5-6,8,14H2,(H,15,17);1H. The molecule has 6 nitrogen and oxygen atoms in total. The van der Waals surface area contributed by atoms with Gasteiger partial charge in [-0.15, -0.1) is 12.4 Å². The maximum Gasteiger partial charge on any atom is 0.244 e. The summed E-state index contributed by atoms with van der Waals surface area (Å²) in [7, 11) is -3.62. The highest BCUT2D eigenvalue weighted by atomic mass is 35.5. The molecule has 1 aromatic rings. The van der Waals surface area contributed by atoms with Crippen LogP contribution >= 0.6 is 24.0 Å². The lowest BCUT2D eigenvalue weighted by molar-refractivity contribution is -0.114. The van der Waals surface area contributed by atoms with Crippen LogP contribution in [0.25, 0.3) is 0 Å². The Kier molecular flexibility index (Phi) is 6.42. The van der Waals surface area contributed by atoms with E-state index in [2.05, 4.69) is 5.32 Å². The van der Waals surface area contributed by atoms with Crippen molar-refractivity contribution in [1.82, 2.24) is 4.31 Å². The van der Waals surface area contributed by atoms with Crippen LogP contribution in [0.5, 0.6) is 0 Å². The zero-order chi connectivity index (χ0) is 14.8. The Morgan fingerprint density at radius 1 is 1.33 bits per heavy atom. The van der Waals surface area contributed by atoms with Gasteiger partial charge in [0.25, 0.3) is 0 Å². The highest BCUT2D eigenvalue weighted by Gasteiger charge is 2.29. The lowest BCUT2D eigenvalue weighted by atomic mass is 10.3. The molecule has 1 aliphatic heterocycles. The van der Waals surface area contributed by atoms with Crippen molar-refractivity contribution in [2.75, 3.05) is 25.0 Å². The van der Waals surface area contributed by atoms with Crippen molar-refractivity contribution in [2.45, 2.75) is 17.7 Å². The summed E-state index contributed by atoms with van der Waals surface area (Å²) in [6.45, 7) is 0.826. The van der Waals surface area contributed by atoms with Gasteiger partial charge < -0.3 is 11.1 Å². The van der Waals surface area contributed by atoms with Crippen LogP contribution in [-0.4, -0.2) is 38.3 Å². The van der Waals surface area contributed by atoms with Gasteiger partial charge >= 0.3 is 0 Å². The van der Waals surface area contributed by atoms with Gasteiger partial charge in [-0.05, 0) is 31.0 Å². The maximum atomic E-state index is 12.5. The van der Waals surface area contributed by atoms with Crippen LogP contribution in [0.3, 0.4) is 0 Å². The Balaban J connectivity index is 0.00000220. The SMILES string of the molecule is Cl.NCC(=O)Nc1ccc(Cl)c(S(=O)(=O)N2CCCC2)c1. The van der Waals surface area contributed by atoms with E-state index in [1.54, 1.807) is 6.07 Å². The smallest absolute Gasteiger partial charge is 0.244 e. The average Bonchev–Trinajstić information content (AvgIpc) is 2.95. The number of nitrogens with one attached hydrogen (secondary N) is 1. The number of anilines is 1. The lowest BCUT2D eigenvalue weighted by Crippen LogP contribution is -2.28. The van der Waals surface area contributed by atoms with E-state index in [-0.39, 0.29) is 28.9 Å². The van der Waals surface area contributed by atoms with Gasteiger partial charge in [-0.25, -0.2) is 8.42 Å². The van der Waals surface area contributed by atoms with Crippen molar-refractivity contribution in [3.05, 3.63) is 23.2 Å². The second-order valence-corrected chi connectivity index (χ2v) is 6.82. The molecular formula is C12H17Cl2N3O3S. The van der Waals surface area contributed by atoms with E-state index in [1.165, 1.54) is 16.4 Å². The van der Waals surface area contributed by atoms with Gasteiger partial charge in [0.15, 0.2) is 0 Å². The molecule has 0 atom stereocenters. The van der Waals surface area contributed by atoms with Crippen LogP contribution in [0.2, 0.25) is 5.02 Å². The van der Waals surface area contributed by atoms with E-state index in [9.17, 15) is 13.2 Å². The number of hydrogen-bond acceptors (Lipinski definition) is 4. The Morgan fingerprint density at radius 3 is 2.52 bits per heavy atom. The van der Waals surface area contributed by atoms with Crippen molar-refractivity contribution in [3.63, 3.8) is 0 Å². The minimum absolute atomic E-state index is 0. The van der Waals surface area contributed by atoms with Gasteiger partial charge in [0.2, 0.25) is 15.9 Å². The van der Waals surface area contributed by atoms with E-state index in [0.29, 0.717) is 18.8 Å². The summed E-state index contributed by atoms with van der Waals surface area (Å²) in [4.78, 5) is 11.3. The van der Waals surface area contributed by atoms with Crippen LogP contribution in [0, 0.1) is 0 Å². The average molecular weight is 354 g/mol. The molecule has 1 fully saturated rings. The minimum Gasteiger partial charge on any atom is -0.325 e. The molecule has 2 rings (SSSR count). The molecular weight excluding hydrogens is 337 g/mol. The molecule has 3 N–H and O–H groups in total. The number of benzene rings is 1. The van der Waals surface area contributed by atoms with Gasteiger partial charge in [0, 0.05) is 18.8 Å². The number of hydrogen-bond donors (Lipinski definition) is 2. The van der Waals surface area contributed by atoms with E-state index in [0.717, 1.165) is 12.8 Å². The third kappa shape index (κ3) is 4.08. The molecule has 0 unspecified atom stereocenters. The lowest BCUT2D eigenvalue weighted by Gasteiger charge is -2.17.